The number of nitriles is 1. The van der Waals surface area contributed by atoms with Gasteiger partial charge in [-0.05, 0) is 35.2 Å². The molecule has 0 aliphatic carbocycles. The first-order valence-corrected chi connectivity index (χ1v) is 9.74. The molecule has 0 radical (unpaired) electrons. The molecular weight excluding hydrogens is 336 g/mol. The van der Waals surface area contributed by atoms with Crippen LogP contribution in [0.2, 0.25) is 0 Å². The van der Waals surface area contributed by atoms with Gasteiger partial charge in [-0.3, -0.25) is 0 Å². The molecule has 0 saturated heterocycles. The number of hydrogen-bond acceptors (Lipinski definition) is 4. The van der Waals surface area contributed by atoms with Gasteiger partial charge in [-0.15, -0.1) is 0 Å². The Bertz CT molecular complexity index is 855. The molecule has 2 aromatic rings. The molecule has 0 aromatic heterocycles. The normalized spacial score (nSPS) is 11.3. The second-order valence-electron chi connectivity index (χ2n) is 6.01. The number of para-hydroxylation sites is 1. The number of ether oxygens (including phenoxy) is 1. The van der Waals surface area contributed by atoms with Gasteiger partial charge in [0.15, 0.2) is 0 Å². The lowest BCUT2D eigenvalue weighted by atomic mass is 10.0. The van der Waals surface area contributed by atoms with Gasteiger partial charge in [-0.1, -0.05) is 44.2 Å². The van der Waals surface area contributed by atoms with E-state index in [-0.39, 0.29) is 18.9 Å². The summed E-state index contributed by atoms with van der Waals surface area (Å²) in [5.74, 6) is 0.948. The van der Waals surface area contributed by atoms with Gasteiger partial charge in [0.2, 0.25) is 10.0 Å². The summed E-state index contributed by atoms with van der Waals surface area (Å²) in [6, 6.07) is 16.3. The van der Waals surface area contributed by atoms with Crippen LogP contribution >= 0.6 is 0 Å². The number of nitrogens with zero attached hydrogens (tertiary/aromatic N) is 1. The van der Waals surface area contributed by atoms with Gasteiger partial charge in [-0.2, -0.15) is 5.26 Å². The Kier molecular flexibility index (Phi) is 6.57. The summed E-state index contributed by atoms with van der Waals surface area (Å²) >= 11 is 0. The monoisotopic (exact) mass is 358 g/mol. The molecule has 0 unspecified atom stereocenters. The van der Waals surface area contributed by atoms with Gasteiger partial charge in [0, 0.05) is 6.54 Å². The van der Waals surface area contributed by atoms with Crippen LogP contribution in [0.1, 0.15) is 36.5 Å². The van der Waals surface area contributed by atoms with E-state index in [4.69, 9.17) is 10.00 Å². The third-order valence-electron chi connectivity index (χ3n) is 3.64. The molecule has 0 amide bonds. The van der Waals surface area contributed by atoms with Crippen LogP contribution in [-0.2, 0) is 15.8 Å². The van der Waals surface area contributed by atoms with Gasteiger partial charge in [-0.25, -0.2) is 13.1 Å². The topological polar surface area (TPSA) is 79.2 Å². The number of sulfonamides is 1. The van der Waals surface area contributed by atoms with Crippen molar-refractivity contribution in [3.8, 4) is 11.8 Å². The largest absolute Gasteiger partial charge is 0.492 e. The summed E-state index contributed by atoms with van der Waals surface area (Å²) in [7, 11) is -3.48. The Hall–Kier alpha value is -2.36. The van der Waals surface area contributed by atoms with Crippen LogP contribution in [0.5, 0.6) is 5.75 Å². The Balaban J connectivity index is 1.87. The van der Waals surface area contributed by atoms with Crippen LogP contribution in [0.3, 0.4) is 0 Å². The third-order valence-corrected chi connectivity index (χ3v) is 4.99. The lowest BCUT2D eigenvalue weighted by Gasteiger charge is -2.14. The van der Waals surface area contributed by atoms with Gasteiger partial charge < -0.3 is 4.74 Å². The minimum Gasteiger partial charge on any atom is -0.492 e. The summed E-state index contributed by atoms with van der Waals surface area (Å²) in [6.45, 7) is 4.61. The van der Waals surface area contributed by atoms with E-state index in [0.717, 1.165) is 11.3 Å². The van der Waals surface area contributed by atoms with Gasteiger partial charge in [0.1, 0.15) is 12.4 Å². The van der Waals surface area contributed by atoms with E-state index in [9.17, 15) is 8.42 Å². The quantitative estimate of drug-likeness (QED) is 0.735. The number of rotatable bonds is 8. The van der Waals surface area contributed by atoms with Crippen molar-refractivity contribution < 1.29 is 13.2 Å². The zero-order valence-corrected chi connectivity index (χ0v) is 15.2. The first kappa shape index (κ1) is 19.0. The van der Waals surface area contributed by atoms with Crippen molar-refractivity contribution in [2.45, 2.75) is 25.5 Å². The van der Waals surface area contributed by atoms with Crippen LogP contribution in [0.15, 0.2) is 48.5 Å². The summed E-state index contributed by atoms with van der Waals surface area (Å²) < 4.78 is 32.5. The first-order chi connectivity index (χ1) is 11.9. The van der Waals surface area contributed by atoms with Crippen LogP contribution in [0, 0.1) is 11.3 Å². The molecule has 0 bridgehead atoms. The van der Waals surface area contributed by atoms with E-state index in [1.54, 1.807) is 24.3 Å². The summed E-state index contributed by atoms with van der Waals surface area (Å²) in [6.07, 6.45) is 0. The Morgan fingerprint density at radius 3 is 2.64 bits per heavy atom. The lowest BCUT2D eigenvalue weighted by molar-refractivity contribution is 0.318. The predicted molar refractivity (Wildman–Crippen MR) is 97.8 cm³/mol. The van der Waals surface area contributed by atoms with Crippen molar-refractivity contribution in [2.24, 2.45) is 0 Å². The van der Waals surface area contributed by atoms with E-state index in [1.165, 1.54) is 0 Å². The van der Waals surface area contributed by atoms with Crippen LogP contribution in [0.4, 0.5) is 0 Å². The molecular formula is C19H22N2O3S. The molecule has 132 valence electrons. The Labute approximate surface area is 149 Å². The highest BCUT2D eigenvalue weighted by Gasteiger charge is 2.12. The van der Waals surface area contributed by atoms with Gasteiger partial charge in [0.25, 0.3) is 0 Å². The molecule has 1 N–H and O–H groups in total. The molecule has 0 atom stereocenters. The van der Waals surface area contributed by atoms with E-state index in [2.05, 4.69) is 18.6 Å². The highest BCUT2D eigenvalue weighted by molar-refractivity contribution is 7.88. The number of benzene rings is 2. The van der Waals surface area contributed by atoms with Crippen LogP contribution in [-0.4, -0.2) is 21.6 Å². The minimum atomic E-state index is -3.48. The average molecular weight is 358 g/mol. The smallest absolute Gasteiger partial charge is 0.215 e. The van der Waals surface area contributed by atoms with Gasteiger partial charge >= 0.3 is 0 Å². The molecule has 6 heteroatoms. The van der Waals surface area contributed by atoms with E-state index in [0.29, 0.717) is 17.0 Å². The standard InChI is InChI=1S/C19H22N2O3S/c1-15(2)18-8-3-4-9-19(18)24-11-10-21-25(22,23)14-17-7-5-6-16(12-17)13-20/h3-9,12,15,21H,10-11,14H2,1-2H3. The molecule has 0 fully saturated rings. The van der Waals surface area contributed by atoms with Crippen molar-refractivity contribution in [3.63, 3.8) is 0 Å². The fourth-order valence-electron chi connectivity index (χ4n) is 2.45. The molecule has 2 aromatic carbocycles. The fourth-order valence-corrected chi connectivity index (χ4v) is 3.56. The third kappa shape index (κ3) is 5.89. The molecule has 0 spiro atoms. The highest BCUT2D eigenvalue weighted by atomic mass is 32.2. The SMILES string of the molecule is CC(C)c1ccccc1OCCNS(=O)(=O)Cc1cccc(C#N)c1. The predicted octanol–water partition coefficient (Wildman–Crippen LogP) is 3.18. The Morgan fingerprint density at radius 1 is 1.16 bits per heavy atom. The summed E-state index contributed by atoms with van der Waals surface area (Å²) in [5.41, 5.74) is 2.12. The zero-order chi connectivity index (χ0) is 18.3. The summed E-state index contributed by atoms with van der Waals surface area (Å²) in [4.78, 5) is 0. The molecule has 2 rings (SSSR count). The van der Waals surface area contributed by atoms with Crippen molar-refractivity contribution in [1.82, 2.24) is 4.72 Å². The van der Waals surface area contributed by atoms with Crippen molar-refractivity contribution in [1.29, 1.82) is 5.26 Å². The Morgan fingerprint density at radius 2 is 1.92 bits per heavy atom. The first-order valence-electron chi connectivity index (χ1n) is 8.09. The minimum absolute atomic E-state index is 0.162. The maximum absolute atomic E-state index is 12.1. The summed E-state index contributed by atoms with van der Waals surface area (Å²) in [5, 5.41) is 8.87. The molecule has 0 aliphatic heterocycles. The molecule has 0 aliphatic rings. The van der Waals surface area contributed by atoms with Crippen molar-refractivity contribution in [3.05, 3.63) is 65.2 Å². The van der Waals surface area contributed by atoms with Crippen LogP contribution in [0.25, 0.3) is 0 Å². The molecule has 5 nitrogen and oxygen atoms in total. The van der Waals surface area contributed by atoms with E-state index in [1.807, 2.05) is 30.3 Å². The fraction of sp³-hybridized carbons (Fsp3) is 0.316. The maximum Gasteiger partial charge on any atom is 0.215 e. The van der Waals surface area contributed by atoms with Crippen LogP contribution < -0.4 is 9.46 Å². The van der Waals surface area contributed by atoms with Gasteiger partial charge in [0.05, 0.1) is 17.4 Å². The maximum atomic E-state index is 12.1. The number of nitrogens with one attached hydrogen (secondary N) is 1. The second-order valence-corrected chi connectivity index (χ2v) is 7.81. The second kappa shape index (κ2) is 8.65. The average Bonchev–Trinajstić information content (AvgIpc) is 2.58. The highest BCUT2D eigenvalue weighted by Crippen LogP contribution is 2.25. The van der Waals surface area contributed by atoms with E-state index >= 15 is 0 Å². The molecule has 0 saturated carbocycles. The van der Waals surface area contributed by atoms with Crippen molar-refractivity contribution >= 4 is 10.0 Å². The van der Waals surface area contributed by atoms with Crippen molar-refractivity contribution in [2.75, 3.05) is 13.2 Å². The lowest BCUT2D eigenvalue weighted by Crippen LogP contribution is -2.29. The van der Waals surface area contributed by atoms with E-state index < -0.39 is 10.0 Å². The number of hydrogen-bond donors (Lipinski definition) is 1. The molecule has 0 heterocycles. The molecule has 25 heavy (non-hydrogen) atoms. The zero-order valence-electron chi connectivity index (χ0n) is 14.4.